The van der Waals surface area contributed by atoms with Gasteiger partial charge in [0.25, 0.3) is 0 Å². The van der Waals surface area contributed by atoms with Gasteiger partial charge in [0.05, 0.1) is 6.61 Å². The van der Waals surface area contributed by atoms with Crippen molar-refractivity contribution in [2.75, 3.05) is 46.9 Å². The second kappa shape index (κ2) is 7.71. The molecule has 0 radical (unpaired) electrons. The minimum atomic E-state index is 0.103. The lowest BCUT2D eigenvalue weighted by Crippen LogP contribution is -2.43. The number of amides is 1. The predicted octanol–water partition coefficient (Wildman–Crippen LogP) is 0.200. The Morgan fingerprint density at radius 1 is 1.44 bits per heavy atom. The van der Waals surface area contributed by atoms with Crippen molar-refractivity contribution >= 4 is 5.91 Å². The van der Waals surface area contributed by atoms with Gasteiger partial charge in [-0.15, -0.1) is 0 Å². The number of carbonyl (C=O) groups is 1. The number of methoxy groups -OCH3 is 1. The summed E-state index contributed by atoms with van der Waals surface area (Å²) in [6.45, 7) is 3.79. The van der Waals surface area contributed by atoms with E-state index in [1.54, 1.807) is 7.11 Å². The highest BCUT2D eigenvalue weighted by atomic mass is 16.5. The molecular formula is C13H27N3O2. The van der Waals surface area contributed by atoms with Gasteiger partial charge in [0.2, 0.25) is 5.91 Å². The van der Waals surface area contributed by atoms with Crippen molar-refractivity contribution in [3.8, 4) is 0 Å². The van der Waals surface area contributed by atoms with Crippen LogP contribution in [0.5, 0.6) is 0 Å². The molecule has 1 saturated carbocycles. The van der Waals surface area contributed by atoms with E-state index in [0.717, 1.165) is 32.5 Å². The van der Waals surface area contributed by atoms with Gasteiger partial charge in [0.15, 0.2) is 0 Å². The molecule has 106 valence electrons. The van der Waals surface area contributed by atoms with Gasteiger partial charge in [-0.05, 0) is 31.8 Å². The normalized spacial score (nSPS) is 17.6. The van der Waals surface area contributed by atoms with E-state index in [-0.39, 0.29) is 11.3 Å². The number of hydrogen-bond donors (Lipinski definition) is 2. The molecule has 18 heavy (non-hydrogen) atoms. The molecule has 3 N–H and O–H groups in total. The van der Waals surface area contributed by atoms with Crippen molar-refractivity contribution in [3.63, 3.8) is 0 Å². The number of nitrogens with zero attached hydrogens (tertiary/aromatic N) is 1. The molecule has 0 heterocycles. The van der Waals surface area contributed by atoms with Gasteiger partial charge in [0, 0.05) is 33.2 Å². The molecule has 0 aromatic carbocycles. The van der Waals surface area contributed by atoms with Crippen molar-refractivity contribution in [2.24, 2.45) is 11.1 Å². The van der Waals surface area contributed by atoms with Crippen LogP contribution in [0.4, 0.5) is 0 Å². The van der Waals surface area contributed by atoms with Crippen LogP contribution in [-0.2, 0) is 9.53 Å². The van der Waals surface area contributed by atoms with Crippen LogP contribution >= 0.6 is 0 Å². The SMILES string of the molecule is COCCN(C)CCNC(=O)CC1(CN)CCC1. The average molecular weight is 257 g/mol. The number of nitrogens with one attached hydrogen (secondary N) is 1. The Morgan fingerprint density at radius 3 is 2.67 bits per heavy atom. The maximum absolute atomic E-state index is 11.8. The van der Waals surface area contributed by atoms with Gasteiger partial charge in [-0.1, -0.05) is 6.42 Å². The molecule has 0 bridgehead atoms. The van der Waals surface area contributed by atoms with Crippen LogP contribution in [0.25, 0.3) is 0 Å². The zero-order valence-electron chi connectivity index (χ0n) is 11.7. The minimum Gasteiger partial charge on any atom is -0.383 e. The predicted molar refractivity (Wildman–Crippen MR) is 72.3 cm³/mol. The summed E-state index contributed by atoms with van der Waals surface area (Å²) in [5.41, 5.74) is 5.85. The van der Waals surface area contributed by atoms with Crippen LogP contribution in [-0.4, -0.2) is 57.8 Å². The molecule has 0 spiro atoms. The van der Waals surface area contributed by atoms with E-state index in [1.807, 2.05) is 7.05 Å². The first-order chi connectivity index (χ1) is 8.62. The Bertz CT molecular complexity index is 249. The molecule has 5 heteroatoms. The average Bonchev–Trinajstić information content (AvgIpc) is 2.31. The van der Waals surface area contributed by atoms with E-state index in [9.17, 15) is 4.79 Å². The van der Waals surface area contributed by atoms with Gasteiger partial charge in [0.1, 0.15) is 0 Å². The summed E-state index contributed by atoms with van der Waals surface area (Å²) < 4.78 is 5.00. The fourth-order valence-electron chi connectivity index (χ4n) is 2.28. The molecule has 1 aliphatic rings. The summed E-state index contributed by atoms with van der Waals surface area (Å²) in [4.78, 5) is 13.9. The summed E-state index contributed by atoms with van der Waals surface area (Å²) in [5, 5.41) is 2.97. The number of nitrogens with two attached hydrogens (primary N) is 1. The van der Waals surface area contributed by atoms with Gasteiger partial charge in [-0.3, -0.25) is 4.79 Å². The molecule has 0 saturated heterocycles. The van der Waals surface area contributed by atoms with Crippen LogP contribution in [0.15, 0.2) is 0 Å². The largest absolute Gasteiger partial charge is 0.383 e. The Hall–Kier alpha value is -0.650. The second-order valence-corrected chi connectivity index (χ2v) is 5.38. The number of rotatable bonds is 9. The first kappa shape index (κ1) is 15.4. The quantitative estimate of drug-likeness (QED) is 0.619. The van der Waals surface area contributed by atoms with Crippen molar-refractivity contribution in [3.05, 3.63) is 0 Å². The molecule has 0 aromatic heterocycles. The Kier molecular flexibility index (Phi) is 6.60. The van der Waals surface area contributed by atoms with Crippen LogP contribution in [0.1, 0.15) is 25.7 Å². The van der Waals surface area contributed by atoms with Crippen molar-refractivity contribution < 1.29 is 9.53 Å². The van der Waals surface area contributed by atoms with E-state index >= 15 is 0 Å². The molecule has 0 atom stereocenters. The topological polar surface area (TPSA) is 67.6 Å². The van der Waals surface area contributed by atoms with Crippen molar-refractivity contribution in [2.45, 2.75) is 25.7 Å². The molecule has 0 unspecified atom stereocenters. The maximum Gasteiger partial charge on any atom is 0.220 e. The Balaban J connectivity index is 2.10. The van der Waals surface area contributed by atoms with Crippen LogP contribution in [0.3, 0.4) is 0 Å². The molecule has 0 aromatic rings. The number of hydrogen-bond acceptors (Lipinski definition) is 4. The minimum absolute atomic E-state index is 0.103. The Morgan fingerprint density at radius 2 is 2.17 bits per heavy atom. The van der Waals surface area contributed by atoms with Crippen LogP contribution in [0, 0.1) is 5.41 Å². The fourth-order valence-corrected chi connectivity index (χ4v) is 2.28. The smallest absolute Gasteiger partial charge is 0.220 e. The van der Waals surface area contributed by atoms with E-state index in [2.05, 4.69) is 10.2 Å². The lowest BCUT2D eigenvalue weighted by Gasteiger charge is -2.40. The summed E-state index contributed by atoms with van der Waals surface area (Å²) in [7, 11) is 3.72. The zero-order valence-corrected chi connectivity index (χ0v) is 11.7. The maximum atomic E-state index is 11.8. The van der Waals surface area contributed by atoms with Crippen molar-refractivity contribution in [1.82, 2.24) is 10.2 Å². The van der Waals surface area contributed by atoms with Crippen LogP contribution < -0.4 is 11.1 Å². The number of carbonyl (C=O) groups excluding carboxylic acids is 1. The Labute approximate surface area is 110 Å². The lowest BCUT2D eigenvalue weighted by atomic mass is 9.66. The van der Waals surface area contributed by atoms with Gasteiger partial charge in [-0.25, -0.2) is 0 Å². The fraction of sp³-hybridized carbons (Fsp3) is 0.923. The third-order valence-corrected chi connectivity index (χ3v) is 3.88. The summed E-state index contributed by atoms with van der Waals surface area (Å²) in [5.74, 6) is 0.139. The van der Waals surface area contributed by atoms with E-state index in [1.165, 1.54) is 6.42 Å². The van der Waals surface area contributed by atoms with E-state index in [0.29, 0.717) is 19.5 Å². The monoisotopic (exact) mass is 257 g/mol. The molecule has 1 fully saturated rings. The second-order valence-electron chi connectivity index (χ2n) is 5.38. The van der Waals surface area contributed by atoms with Gasteiger partial charge >= 0.3 is 0 Å². The third-order valence-electron chi connectivity index (χ3n) is 3.88. The molecule has 1 rings (SSSR count). The molecule has 5 nitrogen and oxygen atoms in total. The number of ether oxygens (including phenoxy) is 1. The standard InChI is InChI=1S/C13H27N3O2/c1-16(8-9-18-2)7-6-15-12(17)10-13(11-14)4-3-5-13/h3-11,14H2,1-2H3,(H,15,17). The third kappa shape index (κ3) is 4.92. The highest BCUT2D eigenvalue weighted by Gasteiger charge is 2.37. The summed E-state index contributed by atoms with van der Waals surface area (Å²) in [6, 6.07) is 0. The molecule has 1 amide bonds. The molecular weight excluding hydrogens is 230 g/mol. The van der Waals surface area contributed by atoms with E-state index < -0.39 is 0 Å². The molecule has 0 aliphatic heterocycles. The zero-order chi connectivity index (χ0) is 13.4. The van der Waals surface area contributed by atoms with E-state index in [4.69, 9.17) is 10.5 Å². The van der Waals surface area contributed by atoms with Crippen LogP contribution in [0.2, 0.25) is 0 Å². The first-order valence-electron chi connectivity index (χ1n) is 6.76. The van der Waals surface area contributed by atoms with Gasteiger partial charge in [-0.2, -0.15) is 0 Å². The number of likely N-dealkylation sites (N-methyl/N-ethyl adjacent to an activating group) is 1. The highest BCUT2D eigenvalue weighted by molar-refractivity contribution is 5.76. The molecule has 1 aliphatic carbocycles. The summed E-state index contributed by atoms with van der Waals surface area (Å²) >= 11 is 0. The van der Waals surface area contributed by atoms with Crippen molar-refractivity contribution in [1.29, 1.82) is 0 Å². The first-order valence-corrected chi connectivity index (χ1v) is 6.76. The van der Waals surface area contributed by atoms with Gasteiger partial charge < -0.3 is 20.7 Å². The lowest BCUT2D eigenvalue weighted by molar-refractivity contribution is -0.124. The highest BCUT2D eigenvalue weighted by Crippen LogP contribution is 2.42. The summed E-state index contributed by atoms with van der Waals surface area (Å²) in [6.07, 6.45) is 4.00.